The van der Waals surface area contributed by atoms with Crippen LogP contribution in [0.5, 0.6) is 11.5 Å². The molecule has 5 heteroatoms. The first-order chi connectivity index (χ1) is 13.4. The maximum Gasteiger partial charge on any atom is 0.262 e. The molecular weight excluding hydrogens is 352 g/mol. The number of hydrogen-bond acceptors (Lipinski definition) is 4. The van der Waals surface area contributed by atoms with Gasteiger partial charge in [-0.25, -0.2) is 0 Å². The molecule has 1 saturated carbocycles. The number of amides is 1. The van der Waals surface area contributed by atoms with Gasteiger partial charge in [0.05, 0.1) is 13.2 Å². The molecule has 2 rings (SSSR count). The van der Waals surface area contributed by atoms with E-state index in [0.29, 0.717) is 36.5 Å². The highest BCUT2D eigenvalue weighted by atomic mass is 16.5. The number of nitrogens with one attached hydrogen (secondary N) is 1. The van der Waals surface area contributed by atoms with E-state index in [1.165, 1.54) is 6.42 Å². The molecular formula is C23H32N2O3. The molecule has 1 aliphatic carbocycles. The minimum absolute atomic E-state index is 0.107. The maximum absolute atomic E-state index is 12.6. The average Bonchev–Trinajstić information content (AvgIpc) is 2.67. The van der Waals surface area contributed by atoms with Gasteiger partial charge in [-0.15, -0.1) is 0 Å². The van der Waals surface area contributed by atoms with Crippen molar-refractivity contribution in [3.8, 4) is 17.6 Å². The Morgan fingerprint density at radius 3 is 2.68 bits per heavy atom. The molecule has 28 heavy (non-hydrogen) atoms. The lowest BCUT2D eigenvalue weighted by Crippen LogP contribution is -2.41. The molecule has 0 saturated heterocycles. The van der Waals surface area contributed by atoms with Crippen molar-refractivity contribution in [2.45, 2.75) is 59.4 Å². The molecule has 1 aromatic rings. The normalized spacial score (nSPS) is 19.8. The summed E-state index contributed by atoms with van der Waals surface area (Å²) >= 11 is 0. The fraction of sp³-hybridized carbons (Fsp3) is 0.565. The highest BCUT2D eigenvalue weighted by molar-refractivity contribution is 6.01. The Bertz CT molecular complexity index is 734. The minimum Gasteiger partial charge on any atom is -0.490 e. The second-order valence-corrected chi connectivity index (χ2v) is 7.86. The van der Waals surface area contributed by atoms with Crippen molar-refractivity contribution in [2.24, 2.45) is 11.8 Å². The van der Waals surface area contributed by atoms with E-state index in [4.69, 9.17) is 9.47 Å². The van der Waals surface area contributed by atoms with Crippen LogP contribution in [-0.4, -0.2) is 25.2 Å². The zero-order chi connectivity index (χ0) is 20.5. The lowest BCUT2D eigenvalue weighted by molar-refractivity contribution is -0.118. The first-order valence-corrected chi connectivity index (χ1v) is 10.3. The van der Waals surface area contributed by atoms with Crippen LogP contribution in [0.2, 0.25) is 0 Å². The van der Waals surface area contributed by atoms with E-state index >= 15 is 0 Å². The molecule has 1 amide bonds. The van der Waals surface area contributed by atoms with Crippen LogP contribution in [0.3, 0.4) is 0 Å². The molecule has 1 aromatic carbocycles. The molecule has 0 unspecified atom stereocenters. The third-order valence-corrected chi connectivity index (χ3v) is 4.94. The molecule has 5 nitrogen and oxygen atoms in total. The van der Waals surface area contributed by atoms with Crippen LogP contribution in [0.25, 0.3) is 6.08 Å². The Kier molecular flexibility index (Phi) is 8.38. The number of nitriles is 1. The maximum atomic E-state index is 12.6. The predicted molar refractivity (Wildman–Crippen MR) is 111 cm³/mol. The summed E-state index contributed by atoms with van der Waals surface area (Å²) in [5.41, 5.74) is 0.847. The van der Waals surface area contributed by atoms with Crippen molar-refractivity contribution in [3.05, 3.63) is 29.3 Å². The number of carbonyl (C=O) groups excluding carboxylic acids is 1. The summed E-state index contributed by atoms with van der Waals surface area (Å²) in [6.07, 6.45) is 6.03. The molecule has 0 heterocycles. The second kappa shape index (κ2) is 10.8. The molecule has 1 fully saturated rings. The van der Waals surface area contributed by atoms with Gasteiger partial charge >= 0.3 is 0 Å². The van der Waals surface area contributed by atoms with Crippen molar-refractivity contribution in [1.82, 2.24) is 5.32 Å². The summed E-state index contributed by atoms with van der Waals surface area (Å²) < 4.78 is 11.5. The summed E-state index contributed by atoms with van der Waals surface area (Å²) in [6, 6.07) is 7.66. The molecule has 0 spiro atoms. The van der Waals surface area contributed by atoms with Crippen molar-refractivity contribution in [3.63, 3.8) is 0 Å². The fourth-order valence-electron chi connectivity index (χ4n) is 3.35. The first kappa shape index (κ1) is 21.8. The van der Waals surface area contributed by atoms with Gasteiger partial charge in [0.15, 0.2) is 11.5 Å². The summed E-state index contributed by atoms with van der Waals surface area (Å²) in [7, 11) is 0. The van der Waals surface area contributed by atoms with Crippen molar-refractivity contribution >= 4 is 12.0 Å². The Morgan fingerprint density at radius 2 is 2.04 bits per heavy atom. The quantitative estimate of drug-likeness (QED) is 0.520. The van der Waals surface area contributed by atoms with Crippen LogP contribution >= 0.6 is 0 Å². The standard InChI is InChI=1S/C23H32N2O3/c1-5-27-22-13-18(10-11-21(22)28-15-16(2)3)12-19(14-24)23(26)25-20-9-7-6-8-17(20)4/h10-13,16-17,20H,5-9,15H2,1-4H3,(H,25,26)/b19-12+/t17-,20+/m0/s1. The van der Waals surface area contributed by atoms with Crippen molar-refractivity contribution in [2.75, 3.05) is 13.2 Å². The highest BCUT2D eigenvalue weighted by Gasteiger charge is 2.24. The van der Waals surface area contributed by atoms with Gasteiger partial charge in [-0.2, -0.15) is 5.26 Å². The lowest BCUT2D eigenvalue weighted by Gasteiger charge is -2.29. The van der Waals surface area contributed by atoms with E-state index in [-0.39, 0.29) is 17.5 Å². The zero-order valence-electron chi connectivity index (χ0n) is 17.5. The molecule has 2 atom stereocenters. The summed E-state index contributed by atoms with van der Waals surface area (Å²) in [4.78, 5) is 12.6. The Balaban J connectivity index is 2.16. The Morgan fingerprint density at radius 1 is 1.29 bits per heavy atom. The van der Waals surface area contributed by atoms with Crippen LogP contribution in [0.4, 0.5) is 0 Å². The number of benzene rings is 1. The SMILES string of the molecule is CCOc1cc(/C=C(\C#N)C(=O)N[C@@H]2CCCC[C@@H]2C)ccc1OCC(C)C. The first-order valence-electron chi connectivity index (χ1n) is 10.3. The number of rotatable bonds is 8. The van der Waals surface area contributed by atoms with Gasteiger partial charge in [0.2, 0.25) is 0 Å². The Labute approximate surface area is 168 Å². The van der Waals surface area contributed by atoms with Gasteiger partial charge in [0.1, 0.15) is 11.6 Å². The number of nitrogens with zero attached hydrogens (tertiary/aromatic N) is 1. The van der Waals surface area contributed by atoms with E-state index in [1.54, 1.807) is 6.08 Å². The molecule has 0 aromatic heterocycles. The Hall–Kier alpha value is -2.48. The molecule has 0 bridgehead atoms. The number of ether oxygens (including phenoxy) is 2. The van der Waals surface area contributed by atoms with Crippen molar-refractivity contribution < 1.29 is 14.3 Å². The molecule has 152 valence electrons. The van der Waals surface area contributed by atoms with Crippen LogP contribution in [0.15, 0.2) is 23.8 Å². The van der Waals surface area contributed by atoms with Crippen LogP contribution in [0.1, 0.15) is 58.9 Å². The van der Waals surface area contributed by atoms with E-state index in [0.717, 1.165) is 24.8 Å². The van der Waals surface area contributed by atoms with E-state index in [1.807, 2.05) is 31.2 Å². The number of carbonyl (C=O) groups is 1. The third kappa shape index (κ3) is 6.30. The van der Waals surface area contributed by atoms with E-state index < -0.39 is 0 Å². The highest BCUT2D eigenvalue weighted by Crippen LogP contribution is 2.30. The fourth-order valence-corrected chi connectivity index (χ4v) is 3.35. The smallest absolute Gasteiger partial charge is 0.262 e. The number of hydrogen-bond donors (Lipinski definition) is 1. The molecule has 0 radical (unpaired) electrons. The van der Waals surface area contributed by atoms with Crippen LogP contribution in [-0.2, 0) is 4.79 Å². The molecule has 1 N–H and O–H groups in total. The van der Waals surface area contributed by atoms with Gasteiger partial charge in [0, 0.05) is 6.04 Å². The molecule has 0 aliphatic heterocycles. The van der Waals surface area contributed by atoms with Crippen LogP contribution in [0, 0.1) is 23.2 Å². The summed E-state index contributed by atoms with van der Waals surface area (Å²) in [5.74, 6) is 1.84. The van der Waals surface area contributed by atoms with Gasteiger partial charge in [-0.3, -0.25) is 4.79 Å². The minimum atomic E-state index is -0.306. The van der Waals surface area contributed by atoms with Gasteiger partial charge in [-0.1, -0.05) is 39.7 Å². The zero-order valence-corrected chi connectivity index (χ0v) is 17.5. The largest absolute Gasteiger partial charge is 0.490 e. The van der Waals surface area contributed by atoms with Crippen molar-refractivity contribution in [1.29, 1.82) is 5.26 Å². The average molecular weight is 385 g/mol. The monoisotopic (exact) mass is 384 g/mol. The third-order valence-electron chi connectivity index (χ3n) is 4.94. The second-order valence-electron chi connectivity index (χ2n) is 7.86. The summed E-state index contributed by atoms with van der Waals surface area (Å²) in [5, 5.41) is 12.5. The predicted octanol–water partition coefficient (Wildman–Crippen LogP) is 4.72. The van der Waals surface area contributed by atoms with E-state index in [2.05, 4.69) is 26.1 Å². The van der Waals surface area contributed by atoms with Crippen LogP contribution < -0.4 is 14.8 Å². The topological polar surface area (TPSA) is 71.3 Å². The van der Waals surface area contributed by atoms with E-state index in [9.17, 15) is 10.1 Å². The molecule has 1 aliphatic rings. The lowest BCUT2D eigenvalue weighted by atomic mass is 9.86. The van der Waals surface area contributed by atoms with Gasteiger partial charge in [0.25, 0.3) is 5.91 Å². The van der Waals surface area contributed by atoms with Gasteiger partial charge < -0.3 is 14.8 Å². The van der Waals surface area contributed by atoms with Gasteiger partial charge in [-0.05, 0) is 55.4 Å². The summed E-state index contributed by atoms with van der Waals surface area (Å²) in [6.45, 7) is 9.35.